The first-order valence-corrected chi connectivity index (χ1v) is 7.90. The van der Waals surface area contributed by atoms with Crippen LogP contribution in [0.1, 0.15) is 10.5 Å². The number of carbonyl (C=O) groups is 2. The normalized spacial score (nSPS) is 10.3. The summed E-state index contributed by atoms with van der Waals surface area (Å²) in [6, 6.07) is 12.2. The molecule has 0 radical (unpaired) electrons. The monoisotopic (exact) mass is 352 g/mol. The molecule has 0 saturated heterocycles. The minimum atomic E-state index is -0.358. The molecule has 3 aromatic rings. The number of anilines is 2. The van der Waals surface area contributed by atoms with Crippen molar-refractivity contribution in [1.29, 1.82) is 0 Å². The van der Waals surface area contributed by atoms with Crippen LogP contribution >= 0.6 is 0 Å². The summed E-state index contributed by atoms with van der Waals surface area (Å²) in [6.07, 6.45) is 1.58. The first kappa shape index (κ1) is 17.2. The molecule has 0 unspecified atom stereocenters. The van der Waals surface area contributed by atoms with Gasteiger partial charge in [-0.2, -0.15) is 0 Å². The van der Waals surface area contributed by atoms with Crippen LogP contribution in [0.25, 0.3) is 10.9 Å². The summed E-state index contributed by atoms with van der Waals surface area (Å²) in [7, 11) is 0. The van der Waals surface area contributed by atoms with Gasteiger partial charge in [-0.1, -0.05) is 6.08 Å². The number of benzene rings is 2. The van der Waals surface area contributed by atoms with Gasteiger partial charge in [0, 0.05) is 28.8 Å². The van der Waals surface area contributed by atoms with Crippen LogP contribution < -0.4 is 16.0 Å². The minimum absolute atomic E-state index is 0.330. The predicted molar refractivity (Wildman–Crippen MR) is 99.9 cm³/mol. The van der Waals surface area contributed by atoms with Gasteiger partial charge in [0.2, 0.25) is 0 Å². The van der Waals surface area contributed by atoms with E-state index >= 15 is 0 Å². The van der Waals surface area contributed by atoms with Gasteiger partial charge in [-0.15, -0.1) is 6.58 Å². The third kappa shape index (κ3) is 4.07. The SMILES string of the molecule is C=CCNC(=O)Nc1ccc(NC(=O)c2cc3cc(F)ccc3[nH]2)cc1. The van der Waals surface area contributed by atoms with Crippen molar-refractivity contribution in [3.8, 4) is 0 Å². The van der Waals surface area contributed by atoms with Gasteiger partial charge in [-0.3, -0.25) is 4.79 Å². The molecule has 0 fully saturated rings. The Morgan fingerprint density at radius 2 is 1.73 bits per heavy atom. The zero-order chi connectivity index (χ0) is 18.5. The summed E-state index contributed by atoms with van der Waals surface area (Å²) in [4.78, 5) is 26.8. The second-order valence-electron chi connectivity index (χ2n) is 5.57. The standard InChI is InChI=1S/C19H17FN4O2/c1-2-9-21-19(26)23-15-6-4-14(5-7-15)22-18(25)17-11-12-10-13(20)3-8-16(12)24-17/h2-8,10-11,24H,1,9H2,(H,22,25)(H2,21,23,26). The molecule has 0 bridgehead atoms. The summed E-state index contributed by atoms with van der Waals surface area (Å²) in [5.41, 5.74) is 2.17. The number of amides is 3. The molecule has 1 heterocycles. The Bertz CT molecular complexity index is 963. The molecule has 0 saturated carbocycles. The van der Waals surface area contributed by atoms with Crippen LogP contribution in [0, 0.1) is 5.82 Å². The summed E-state index contributed by atoms with van der Waals surface area (Å²) in [5.74, 6) is -0.699. The van der Waals surface area contributed by atoms with E-state index in [1.54, 1.807) is 42.5 Å². The van der Waals surface area contributed by atoms with Gasteiger partial charge in [-0.25, -0.2) is 9.18 Å². The maximum absolute atomic E-state index is 13.2. The number of rotatable bonds is 5. The number of aromatic nitrogens is 1. The van der Waals surface area contributed by atoms with Crippen LogP contribution in [0.5, 0.6) is 0 Å². The first-order chi connectivity index (χ1) is 12.5. The molecule has 2 aromatic carbocycles. The molecule has 4 N–H and O–H groups in total. The largest absolute Gasteiger partial charge is 0.351 e. The second kappa shape index (κ2) is 7.52. The third-order valence-corrected chi connectivity index (χ3v) is 3.64. The van der Waals surface area contributed by atoms with E-state index in [0.717, 1.165) is 0 Å². The maximum atomic E-state index is 13.2. The molecule has 26 heavy (non-hydrogen) atoms. The number of aromatic amines is 1. The Morgan fingerprint density at radius 3 is 2.42 bits per heavy atom. The van der Waals surface area contributed by atoms with Gasteiger partial charge in [0.1, 0.15) is 11.5 Å². The smallest absolute Gasteiger partial charge is 0.319 e. The Hall–Kier alpha value is -3.61. The van der Waals surface area contributed by atoms with E-state index in [4.69, 9.17) is 0 Å². The molecule has 0 atom stereocenters. The first-order valence-electron chi connectivity index (χ1n) is 7.90. The predicted octanol–water partition coefficient (Wildman–Crippen LogP) is 3.87. The fraction of sp³-hybridized carbons (Fsp3) is 0.0526. The highest BCUT2D eigenvalue weighted by molar-refractivity contribution is 6.06. The molecule has 3 amide bonds. The third-order valence-electron chi connectivity index (χ3n) is 3.64. The van der Waals surface area contributed by atoms with E-state index in [2.05, 4.69) is 27.5 Å². The second-order valence-corrected chi connectivity index (χ2v) is 5.57. The molecule has 0 aliphatic heterocycles. The number of carbonyl (C=O) groups excluding carboxylic acids is 2. The van der Waals surface area contributed by atoms with Crippen LogP contribution in [0.3, 0.4) is 0 Å². The van der Waals surface area contributed by atoms with Crippen molar-refractivity contribution >= 4 is 34.2 Å². The Kier molecular flexibility index (Phi) is 4.98. The summed E-state index contributed by atoms with van der Waals surface area (Å²) in [5, 5.41) is 8.63. The Labute approximate surface area is 149 Å². The fourth-order valence-electron chi connectivity index (χ4n) is 2.40. The van der Waals surface area contributed by atoms with Crippen molar-refractivity contribution in [2.45, 2.75) is 0 Å². The highest BCUT2D eigenvalue weighted by atomic mass is 19.1. The molecule has 0 aliphatic rings. The highest BCUT2D eigenvalue weighted by Gasteiger charge is 2.10. The molecule has 7 heteroatoms. The number of urea groups is 1. The van der Waals surface area contributed by atoms with Gasteiger partial charge in [0.25, 0.3) is 5.91 Å². The van der Waals surface area contributed by atoms with E-state index in [9.17, 15) is 14.0 Å². The summed E-state index contributed by atoms with van der Waals surface area (Å²) >= 11 is 0. The lowest BCUT2D eigenvalue weighted by Crippen LogP contribution is -2.28. The zero-order valence-corrected chi connectivity index (χ0v) is 13.8. The lowest BCUT2D eigenvalue weighted by molar-refractivity contribution is 0.102. The van der Waals surface area contributed by atoms with Crippen molar-refractivity contribution in [1.82, 2.24) is 10.3 Å². The van der Waals surface area contributed by atoms with Gasteiger partial charge >= 0.3 is 6.03 Å². The number of hydrogen-bond acceptors (Lipinski definition) is 2. The Morgan fingerprint density at radius 1 is 1.04 bits per heavy atom. The quantitative estimate of drug-likeness (QED) is 0.526. The average Bonchev–Trinajstić information content (AvgIpc) is 3.05. The molecule has 6 nitrogen and oxygen atoms in total. The molecular weight excluding hydrogens is 335 g/mol. The number of nitrogens with one attached hydrogen (secondary N) is 4. The maximum Gasteiger partial charge on any atom is 0.319 e. The van der Waals surface area contributed by atoms with E-state index in [1.165, 1.54) is 12.1 Å². The number of H-pyrrole nitrogens is 1. The van der Waals surface area contributed by atoms with Gasteiger partial charge in [0.05, 0.1) is 0 Å². The van der Waals surface area contributed by atoms with E-state index in [1.807, 2.05) is 0 Å². The molecule has 0 aliphatic carbocycles. The molecule has 0 spiro atoms. The molecule has 132 valence electrons. The van der Waals surface area contributed by atoms with E-state index in [-0.39, 0.29) is 17.8 Å². The molecular formula is C19H17FN4O2. The van der Waals surface area contributed by atoms with Crippen LogP contribution in [0.4, 0.5) is 20.6 Å². The number of fused-ring (bicyclic) bond motifs is 1. The number of halogens is 1. The van der Waals surface area contributed by atoms with Crippen LogP contribution in [0.15, 0.2) is 61.2 Å². The topological polar surface area (TPSA) is 86.0 Å². The van der Waals surface area contributed by atoms with Crippen LogP contribution in [-0.2, 0) is 0 Å². The van der Waals surface area contributed by atoms with Crippen molar-refractivity contribution in [3.63, 3.8) is 0 Å². The average molecular weight is 352 g/mol. The van der Waals surface area contributed by atoms with Gasteiger partial charge in [-0.05, 0) is 48.5 Å². The molecule has 1 aromatic heterocycles. The van der Waals surface area contributed by atoms with Crippen molar-refractivity contribution in [2.24, 2.45) is 0 Å². The summed E-state index contributed by atoms with van der Waals surface area (Å²) < 4.78 is 13.2. The van der Waals surface area contributed by atoms with Gasteiger partial charge < -0.3 is 20.9 Å². The van der Waals surface area contributed by atoms with E-state index in [0.29, 0.717) is 34.5 Å². The fourth-order valence-corrected chi connectivity index (χ4v) is 2.40. The van der Waals surface area contributed by atoms with E-state index < -0.39 is 0 Å². The zero-order valence-electron chi connectivity index (χ0n) is 13.8. The summed E-state index contributed by atoms with van der Waals surface area (Å²) in [6.45, 7) is 3.89. The highest BCUT2D eigenvalue weighted by Crippen LogP contribution is 2.19. The van der Waals surface area contributed by atoms with Crippen LogP contribution in [0.2, 0.25) is 0 Å². The van der Waals surface area contributed by atoms with Crippen molar-refractivity contribution < 1.29 is 14.0 Å². The van der Waals surface area contributed by atoms with Crippen molar-refractivity contribution in [3.05, 3.63) is 72.7 Å². The lowest BCUT2D eigenvalue weighted by Gasteiger charge is -2.08. The Balaban J connectivity index is 1.65. The lowest BCUT2D eigenvalue weighted by atomic mass is 10.2. The van der Waals surface area contributed by atoms with Crippen LogP contribution in [-0.4, -0.2) is 23.5 Å². The molecule has 3 rings (SSSR count). The number of hydrogen-bond donors (Lipinski definition) is 4. The minimum Gasteiger partial charge on any atom is -0.351 e. The van der Waals surface area contributed by atoms with Gasteiger partial charge in [0.15, 0.2) is 0 Å². The van der Waals surface area contributed by atoms with Crippen molar-refractivity contribution in [2.75, 3.05) is 17.2 Å².